The van der Waals surface area contributed by atoms with Gasteiger partial charge in [-0.25, -0.2) is 0 Å². The Morgan fingerprint density at radius 1 is 1.12 bits per heavy atom. The van der Waals surface area contributed by atoms with Crippen LogP contribution >= 0.6 is 11.6 Å². The van der Waals surface area contributed by atoms with Crippen LogP contribution in [0.4, 0.5) is 5.69 Å². The second-order valence-corrected chi connectivity index (χ2v) is 7.82. The molecule has 0 aliphatic carbocycles. The van der Waals surface area contributed by atoms with Crippen LogP contribution in [0.1, 0.15) is 26.9 Å². The number of alkyl halides is 1. The van der Waals surface area contributed by atoms with Crippen molar-refractivity contribution >= 4 is 34.5 Å². The molecule has 0 aliphatic heterocycles. The van der Waals surface area contributed by atoms with E-state index in [1.807, 2.05) is 0 Å². The van der Waals surface area contributed by atoms with Gasteiger partial charge in [0, 0.05) is 18.4 Å². The first kappa shape index (κ1) is 25.9. The lowest BCUT2D eigenvalue weighted by Crippen LogP contribution is -2.13. The molecule has 0 heterocycles. The standard InChI is InChI=1S/C21H27ClN2O7S/c1-28-7-8-30-9-10-31-20-6-4-15(13-18(20)24-32(26)27)17(22)12-14-3-5-19(29-2)16(11-14)21(23)25/h3-6,11,13,17,24H,7-10,12H2,1-2H3,(H2,23,25)(H,26,27)/p-1. The first-order valence-corrected chi connectivity index (χ1v) is 11.2. The quantitative estimate of drug-likeness (QED) is 0.239. The highest BCUT2D eigenvalue weighted by Gasteiger charge is 2.16. The summed E-state index contributed by atoms with van der Waals surface area (Å²) in [5, 5.41) is -0.504. The highest BCUT2D eigenvalue weighted by atomic mass is 35.5. The molecule has 0 fully saturated rings. The van der Waals surface area contributed by atoms with Gasteiger partial charge in [0.2, 0.25) is 0 Å². The Morgan fingerprint density at radius 2 is 1.84 bits per heavy atom. The van der Waals surface area contributed by atoms with E-state index in [-0.39, 0.29) is 17.9 Å². The molecule has 0 aliphatic rings. The molecule has 2 unspecified atom stereocenters. The molecule has 0 saturated heterocycles. The van der Waals surface area contributed by atoms with Crippen LogP contribution in [-0.2, 0) is 27.2 Å². The van der Waals surface area contributed by atoms with Crippen LogP contribution in [0.15, 0.2) is 36.4 Å². The first-order chi connectivity index (χ1) is 15.3. The zero-order valence-corrected chi connectivity index (χ0v) is 19.4. The normalized spacial score (nSPS) is 12.8. The van der Waals surface area contributed by atoms with Gasteiger partial charge < -0.3 is 34.0 Å². The molecule has 176 valence electrons. The topological polar surface area (TPSA) is 132 Å². The van der Waals surface area contributed by atoms with Crippen molar-refractivity contribution in [2.75, 3.05) is 45.4 Å². The van der Waals surface area contributed by atoms with Crippen molar-refractivity contribution < 1.29 is 32.5 Å². The molecular formula is C21H26ClN2O7S-. The summed E-state index contributed by atoms with van der Waals surface area (Å²) in [5.74, 6) is 0.119. The zero-order chi connectivity index (χ0) is 23.5. The molecule has 0 bridgehead atoms. The molecule has 0 saturated carbocycles. The molecule has 32 heavy (non-hydrogen) atoms. The number of rotatable bonds is 14. The number of carbonyl (C=O) groups excluding carboxylic acids is 1. The average molecular weight is 486 g/mol. The van der Waals surface area contributed by atoms with E-state index in [1.165, 1.54) is 7.11 Å². The molecule has 0 aromatic heterocycles. The van der Waals surface area contributed by atoms with Crippen LogP contribution in [0.2, 0.25) is 0 Å². The fourth-order valence-electron chi connectivity index (χ4n) is 2.89. The predicted molar refractivity (Wildman–Crippen MR) is 121 cm³/mol. The van der Waals surface area contributed by atoms with Crippen LogP contribution in [0.25, 0.3) is 0 Å². The number of halogens is 1. The molecule has 2 aromatic rings. The third kappa shape index (κ3) is 7.95. The number of ether oxygens (including phenoxy) is 4. The van der Waals surface area contributed by atoms with Crippen molar-refractivity contribution in [1.82, 2.24) is 0 Å². The van der Waals surface area contributed by atoms with Crippen LogP contribution in [0.5, 0.6) is 11.5 Å². The van der Waals surface area contributed by atoms with E-state index in [9.17, 15) is 13.6 Å². The number of carbonyl (C=O) groups is 1. The molecule has 2 aromatic carbocycles. The lowest BCUT2D eigenvalue weighted by atomic mass is 10.0. The van der Waals surface area contributed by atoms with Crippen LogP contribution in [-0.4, -0.2) is 55.3 Å². The number of nitrogens with two attached hydrogens (primary N) is 1. The van der Waals surface area contributed by atoms with E-state index >= 15 is 0 Å². The monoisotopic (exact) mass is 485 g/mol. The molecular weight excluding hydrogens is 460 g/mol. The van der Waals surface area contributed by atoms with Crippen molar-refractivity contribution in [1.29, 1.82) is 0 Å². The molecule has 9 nitrogen and oxygen atoms in total. The van der Waals surface area contributed by atoms with Gasteiger partial charge >= 0.3 is 0 Å². The molecule has 1 amide bonds. The summed E-state index contributed by atoms with van der Waals surface area (Å²) in [6.45, 7) is 1.46. The predicted octanol–water partition coefficient (Wildman–Crippen LogP) is 2.56. The molecule has 0 radical (unpaired) electrons. The largest absolute Gasteiger partial charge is 0.755 e. The van der Waals surface area contributed by atoms with E-state index in [2.05, 4.69) is 4.72 Å². The van der Waals surface area contributed by atoms with Crippen molar-refractivity contribution in [3.8, 4) is 11.5 Å². The van der Waals surface area contributed by atoms with Gasteiger partial charge in [-0.15, -0.1) is 11.6 Å². The Kier molecular flexibility index (Phi) is 10.7. The number of benzene rings is 2. The molecule has 0 spiro atoms. The number of amides is 1. The van der Waals surface area contributed by atoms with Gasteiger partial charge in [-0.2, -0.15) is 0 Å². The van der Waals surface area contributed by atoms with Crippen molar-refractivity contribution in [2.24, 2.45) is 5.73 Å². The zero-order valence-electron chi connectivity index (χ0n) is 17.8. The lowest BCUT2D eigenvalue weighted by molar-refractivity contribution is 0.0545. The number of hydrogen-bond acceptors (Lipinski definition) is 7. The van der Waals surface area contributed by atoms with Gasteiger partial charge in [0.05, 0.1) is 43.6 Å². The minimum atomic E-state index is -2.55. The second-order valence-electron chi connectivity index (χ2n) is 6.62. The maximum absolute atomic E-state index is 11.6. The van der Waals surface area contributed by atoms with Crippen molar-refractivity contribution in [3.05, 3.63) is 53.1 Å². The van der Waals surface area contributed by atoms with Crippen LogP contribution in [0.3, 0.4) is 0 Å². The lowest BCUT2D eigenvalue weighted by Gasteiger charge is -2.18. The summed E-state index contributed by atoms with van der Waals surface area (Å²) in [5.41, 5.74) is 7.36. The Morgan fingerprint density at radius 3 is 2.50 bits per heavy atom. The van der Waals surface area contributed by atoms with E-state index in [4.69, 9.17) is 36.3 Å². The third-order valence-corrected chi connectivity index (χ3v) is 5.21. The number of methoxy groups -OCH3 is 2. The number of anilines is 1. The summed E-state index contributed by atoms with van der Waals surface area (Å²) < 4.78 is 45.7. The van der Waals surface area contributed by atoms with Gasteiger partial charge in [-0.1, -0.05) is 12.1 Å². The molecule has 3 N–H and O–H groups in total. The summed E-state index contributed by atoms with van der Waals surface area (Å²) in [6, 6.07) is 10.1. The van der Waals surface area contributed by atoms with E-state index < -0.39 is 22.6 Å². The van der Waals surface area contributed by atoms with Gasteiger partial charge in [0.15, 0.2) is 0 Å². The van der Waals surface area contributed by atoms with Gasteiger partial charge in [0.25, 0.3) is 5.91 Å². The Balaban J connectivity index is 2.12. The minimum absolute atomic E-state index is 0.231. The van der Waals surface area contributed by atoms with E-state index in [0.29, 0.717) is 43.3 Å². The smallest absolute Gasteiger partial charge is 0.252 e. The second kappa shape index (κ2) is 13.2. The number of nitrogens with one attached hydrogen (secondary N) is 1. The first-order valence-electron chi connectivity index (χ1n) is 9.65. The highest BCUT2D eigenvalue weighted by Crippen LogP contribution is 2.33. The van der Waals surface area contributed by atoms with Crippen LogP contribution < -0.4 is 19.9 Å². The maximum atomic E-state index is 11.6. The van der Waals surface area contributed by atoms with Gasteiger partial charge in [0.1, 0.15) is 18.1 Å². The number of hydrogen-bond donors (Lipinski definition) is 2. The number of primary amides is 1. The highest BCUT2D eigenvalue weighted by molar-refractivity contribution is 7.80. The van der Waals surface area contributed by atoms with Crippen molar-refractivity contribution in [2.45, 2.75) is 11.8 Å². The van der Waals surface area contributed by atoms with Crippen molar-refractivity contribution in [3.63, 3.8) is 0 Å². The summed E-state index contributed by atoms with van der Waals surface area (Å²) in [4.78, 5) is 11.6. The Labute approximate surface area is 194 Å². The molecule has 2 rings (SSSR count). The summed E-state index contributed by atoms with van der Waals surface area (Å²) >= 11 is 4.03. The maximum Gasteiger partial charge on any atom is 0.252 e. The molecule has 11 heteroatoms. The SMILES string of the molecule is COCCOCCOc1ccc(C(Cl)Cc2ccc(OC)c(C(N)=O)c2)cc1NS(=O)[O-]. The summed E-state index contributed by atoms with van der Waals surface area (Å²) in [6.07, 6.45) is 0.374. The third-order valence-electron chi connectivity index (χ3n) is 4.42. The van der Waals surface area contributed by atoms with Crippen LogP contribution in [0, 0.1) is 0 Å². The Hall–Kier alpha value is -2.37. The van der Waals surface area contributed by atoms with E-state index in [1.54, 1.807) is 43.5 Å². The average Bonchev–Trinajstić information content (AvgIpc) is 2.76. The fourth-order valence-corrected chi connectivity index (χ4v) is 3.55. The van der Waals surface area contributed by atoms with Gasteiger partial charge in [-0.3, -0.25) is 9.00 Å². The van der Waals surface area contributed by atoms with Gasteiger partial charge in [-0.05, 0) is 41.8 Å². The Bertz CT molecular complexity index is 929. The van der Waals surface area contributed by atoms with E-state index in [0.717, 1.165) is 5.56 Å². The molecule has 2 atom stereocenters. The minimum Gasteiger partial charge on any atom is -0.755 e. The fraction of sp³-hybridized carbons (Fsp3) is 0.381. The summed E-state index contributed by atoms with van der Waals surface area (Å²) in [7, 11) is 3.04.